The van der Waals surface area contributed by atoms with Crippen LogP contribution >= 0.6 is 0 Å². The summed E-state index contributed by atoms with van der Waals surface area (Å²) in [6.07, 6.45) is 6.69. The van der Waals surface area contributed by atoms with Crippen molar-refractivity contribution in [3.8, 4) is 0 Å². The fourth-order valence-electron chi connectivity index (χ4n) is 1.61. The van der Waals surface area contributed by atoms with Gasteiger partial charge in [0.15, 0.2) is 0 Å². The fraction of sp³-hybridized carbons (Fsp3) is 0.462. The second kappa shape index (κ2) is 6.72. The number of carbonyl (C=O) groups excluding carboxylic acids is 1. The lowest BCUT2D eigenvalue weighted by molar-refractivity contribution is -0.141. The van der Waals surface area contributed by atoms with Crippen LogP contribution in [0.2, 0.25) is 0 Å². The Morgan fingerprint density at radius 3 is 2.68 bits per heavy atom. The Morgan fingerprint density at radius 2 is 2.21 bits per heavy atom. The Kier molecular flexibility index (Phi) is 5.29. The molecule has 1 atom stereocenters. The summed E-state index contributed by atoms with van der Waals surface area (Å²) in [6.45, 7) is 3.82. The maximum atomic E-state index is 11.6. The largest absolute Gasteiger partial charge is 0.480 e. The number of aliphatic carboxylic acids is 1. The highest BCUT2D eigenvalue weighted by Crippen LogP contribution is 2.05. The first-order valence-corrected chi connectivity index (χ1v) is 6.08. The Bertz CT molecular complexity index is 477. The van der Waals surface area contributed by atoms with E-state index in [9.17, 15) is 9.59 Å². The summed E-state index contributed by atoms with van der Waals surface area (Å²) >= 11 is 0. The zero-order valence-corrected chi connectivity index (χ0v) is 11.3. The Hall–Kier alpha value is -2.11. The van der Waals surface area contributed by atoms with E-state index in [0.717, 1.165) is 5.56 Å². The van der Waals surface area contributed by atoms with Crippen molar-refractivity contribution in [1.29, 1.82) is 0 Å². The van der Waals surface area contributed by atoms with E-state index in [2.05, 4.69) is 10.4 Å². The molecule has 6 heteroatoms. The number of aromatic nitrogens is 2. The minimum absolute atomic E-state index is 0.198. The summed E-state index contributed by atoms with van der Waals surface area (Å²) in [5, 5.41) is 15.4. The molecule has 1 aromatic heterocycles. The molecule has 2 N–H and O–H groups in total. The summed E-state index contributed by atoms with van der Waals surface area (Å²) in [6, 6.07) is -0.856. The normalized spacial score (nSPS) is 12.8. The number of carboxylic acids is 1. The van der Waals surface area contributed by atoms with Crippen molar-refractivity contribution in [2.45, 2.75) is 26.3 Å². The van der Waals surface area contributed by atoms with Crippen LogP contribution in [0, 0.1) is 5.92 Å². The molecule has 19 heavy (non-hydrogen) atoms. The van der Waals surface area contributed by atoms with Crippen LogP contribution < -0.4 is 5.32 Å². The van der Waals surface area contributed by atoms with Gasteiger partial charge in [-0.25, -0.2) is 4.79 Å². The summed E-state index contributed by atoms with van der Waals surface area (Å²) in [5.74, 6) is -1.24. The number of rotatable bonds is 6. The maximum absolute atomic E-state index is 11.6. The molecule has 0 bridgehead atoms. The maximum Gasteiger partial charge on any atom is 0.326 e. The first kappa shape index (κ1) is 14.9. The van der Waals surface area contributed by atoms with Crippen LogP contribution in [0.1, 0.15) is 25.8 Å². The molecular formula is C13H19N3O3. The van der Waals surface area contributed by atoms with Crippen LogP contribution in [0.4, 0.5) is 0 Å². The smallest absolute Gasteiger partial charge is 0.326 e. The van der Waals surface area contributed by atoms with E-state index in [1.165, 1.54) is 6.08 Å². The van der Waals surface area contributed by atoms with Crippen LogP contribution in [0.3, 0.4) is 0 Å². The van der Waals surface area contributed by atoms with Crippen molar-refractivity contribution in [2.24, 2.45) is 13.0 Å². The highest BCUT2D eigenvalue weighted by molar-refractivity contribution is 5.94. The molecule has 0 saturated heterocycles. The van der Waals surface area contributed by atoms with Crippen LogP contribution in [0.15, 0.2) is 18.5 Å². The zero-order valence-electron chi connectivity index (χ0n) is 11.3. The van der Waals surface area contributed by atoms with Gasteiger partial charge in [0.05, 0.1) is 6.20 Å². The van der Waals surface area contributed by atoms with Crippen molar-refractivity contribution in [3.05, 3.63) is 24.0 Å². The van der Waals surface area contributed by atoms with Crippen molar-refractivity contribution >= 4 is 18.0 Å². The molecule has 1 aromatic rings. The lowest BCUT2D eigenvalue weighted by Crippen LogP contribution is -2.40. The standard InChI is InChI=1S/C13H19N3O3/c1-9(2)6-11(13(18)19)15-12(17)5-4-10-7-14-16(3)8-10/h4-5,7-9,11H,6H2,1-3H3,(H,15,17)(H,18,19)/t11-/m1/s1. The van der Waals surface area contributed by atoms with Gasteiger partial charge in [-0.15, -0.1) is 0 Å². The molecule has 0 radical (unpaired) electrons. The topological polar surface area (TPSA) is 84.2 Å². The monoisotopic (exact) mass is 265 g/mol. The van der Waals surface area contributed by atoms with Crippen molar-refractivity contribution in [3.63, 3.8) is 0 Å². The molecule has 0 aliphatic rings. The van der Waals surface area contributed by atoms with E-state index in [4.69, 9.17) is 5.11 Å². The van der Waals surface area contributed by atoms with Crippen molar-refractivity contribution in [2.75, 3.05) is 0 Å². The molecule has 1 heterocycles. The van der Waals surface area contributed by atoms with E-state index < -0.39 is 17.9 Å². The Morgan fingerprint density at radius 1 is 1.53 bits per heavy atom. The number of amides is 1. The molecule has 0 saturated carbocycles. The van der Waals surface area contributed by atoms with Crippen LogP contribution in [-0.4, -0.2) is 32.8 Å². The van der Waals surface area contributed by atoms with Gasteiger partial charge in [-0.2, -0.15) is 5.10 Å². The van der Waals surface area contributed by atoms with Gasteiger partial charge < -0.3 is 10.4 Å². The first-order valence-electron chi connectivity index (χ1n) is 6.08. The molecule has 0 aromatic carbocycles. The number of nitrogens with zero attached hydrogens (tertiary/aromatic N) is 2. The number of hydrogen-bond donors (Lipinski definition) is 2. The molecule has 1 amide bonds. The third kappa shape index (κ3) is 5.37. The predicted octanol–water partition coefficient (Wildman–Crippen LogP) is 1.05. The summed E-state index contributed by atoms with van der Waals surface area (Å²) < 4.78 is 1.62. The third-order valence-corrected chi connectivity index (χ3v) is 2.47. The minimum Gasteiger partial charge on any atom is -0.480 e. The molecule has 0 aliphatic heterocycles. The highest BCUT2D eigenvalue weighted by atomic mass is 16.4. The molecule has 0 aliphatic carbocycles. The fourth-order valence-corrected chi connectivity index (χ4v) is 1.61. The Balaban J connectivity index is 2.57. The second-order valence-corrected chi connectivity index (χ2v) is 4.81. The minimum atomic E-state index is -1.02. The van der Waals surface area contributed by atoms with Gasteiger partial charge in [-0.05, 0) is 18.4 Å². The van der Waals surface area contributed by atoms with Crippen LogP contribution in [-0.2, 0) is 16.6 Å². The molecule has 0 spiro atoms. The van der Waals surface area contributed by atoms with Crippen LogP contribution in [0.5, 0.6) is 0 Å². The quantitative estimate of drug-likeness (QED) is 0.753. The van der Waals surface area contributed by atoms with Gasteiger partial charge in [-0.1, -0.05) is 13.8 Å². The van der Waals surface area contributed by atoms with Crippen molar-refractivity contribution in [1.82, 2.24) is 15.1 Å². The van der Waals surface area contributed by atoms with Gasteiger partial charge in [0, 0.05) is 24.9 Å². The van der Waals surface area contributed by atoms with Gasteiger partial charge in [-0.3, -0.25) is 9.48 Å². The van der Waals surface area contributed by atoms with Gasteiger partial charge in [0.1, 0.15) is 6.04 Å². The lowest BCUT2D eigenvalue weighted by atomic mass is 10.0. The SMILES string of the molecule is CC(C)C[C@@H](NC(=O)C=Cc1cnn(C)c1)C(=O)O. The van der Waals surface area contributed by atoms with Gasteiger partial charge >= 0.3 is 5.97 Å². The highest BCUT2D eigenvalue weighted by Gasteiger charge is 2.19. The molecule has 0 unspecified atom stereocenters. The first-order chi connectivity index (χ1) is 8.88. The molecule has 1 rings (SSSR count). The van der Waals surface area contributed by atoms with Crippen LogP contribution in [0.25, 0.3) is 6.08 Å². The van der Waals surface area contributed by atoms with Gasteiger partial charge in [0.25, 0.3) is 0 Å². The number of carboxylic acid groups (broad SMARTS) is 1. The lowest BCUT2D eigenvalue weighted by Gasteiger charge is -2.15. The van der Waals surface area contributed by atoms with E-state index in [0.29, 0.717) is 6.42 Å². The molecule has 0 fully saturated rings. The van der Waals surface area contributed by atoms with Crippen molar-refractivity contribution < 1.29 is 14.7 Å². The number of hydrogen-bond acceptors (Lipinski definition) is 3. The second-order valence-electron chi connectivity index (χ2n) is 4.81. The molecule has 6 nitrogen and oxygen atoms in total. The number of aryl methyl sites for hydroxylation is 1. The van der Waals surface area contributed by atoms with E-state index in [1.807, 2.05) is 13.8 Å². The molecular weight excluding hydrogens is 246 g/mol. The van der Waals surface area contributed by atoms with E-state index >= 15 is 0 Å². The third-order valence-electron chi connectivity index (χ3n) is 2.47. The average Bonchev–Trinajstić information content (AvgIpc) is 2.71. The summed E-state index contributed by atoms with van der Waals surface area (Å²) in [7, 11) is 1.78. The summed E-state index contributed by atoms with van der Waals surface area (Å²) in [5.41, 5.74) is 0.786. The Labute approximate surface area is 112 Å². The number of carbonyl (C=O) groups is 2. The predicted molar refractivity (Wildman–Crippen MR) is 71.3 cm³/mol. The molecule has 104 valence electrons. The zero-order chi connectivity index (χ0) is 14.4. The van der Waals surface area contributed by atoms with E-state index in [-0.39, 0.29) is 5.92 Å². The average molecular weight is 265 g/mol. The van der Waals surface area contributed by atoms with E-state index in [1.54, 1.807) is 30.2 Å². The number of nitrogens with one attached hydrogen (secondary N) is 1. The van der Waals surface area contributed by atoms with Gasteiger partial charge in [0.2, 0.25) is 5.91 Å². The summed E-state index contributed by atoms with van der Waals surface area (Å²) in [4.78, 5) is 22.6.